The lowest BCUT2D eigenvalue weighted by Gasteiger charge is -2.08. The number of aromatic nitrogens is 1. The quantitative estimate of drug-likeness (QED) is 0.911. The molecule has 20 heavy (non-hydrogen) atoms. The first-order valence-electron chi connectivity index (χ1n) is 6.22. The lowest BCUT2D eigenvalue weighted by atomic mass is 10.1. The molecule has 1 N–H and O–H groups in total. The van der Waals surface area contributed by atoms with Crippen molar-refractivity contribution in [1.29, 1.82) is 0 Å². The Bertz CT molecular complexity index is 616. The summed E-state index contributed by atoms with van der Waals surface area (Å²) in [4.78, 5) is 10.5. The summed E-state index contributed by atoms with van der Waals surface area (Å²) in [5.41, 5.74) is 1.28. The molecule has 1 aromatic carbocycles. The van der Waals surface area contributed by atoms with Crippen LogP contribution in [0.3, 0.4) is 0 Å². The van der Waals surface area contributed by atoms with E-state index in [0.29, 0.717) is 18.4 Å². The third-order valence-corrected chi connectivity index (χ3v) is 3.06. The highest BCUT2D eigenvalue weighted by molar-refractivity contribution is 5.84. The summed E-state index contributed by atoms with van der Waals surface area (Å²) in [6.45, 7) is -1.04. The standard InChI is InChI=1S/C14H14F3NO2/c15-14(16,17)9-18-8-10(4-3-7-13(19)20)11-5-1-2-6-12(11)18/h1-2,5-6,8H,3-4,7,9H2,(H,19,20). The van der Waals surface area contributed by atoms with E-state index in [1.807, 2.05) is 0 Å². The molecule has 0 spiro atoms. The summed E-state index contributed by atoms with van der Waals surface area (Å²) >= 11 is 0. The highest BCUT2D eigenvalue weighted by Gasteiger charge is 2.28. The molecule has 2 rings (SSSR count). The van der Waals surface area contributed by atoms with Crippen LogP contribution in [0.4, 0.5) is 13.2 Å². The van der Waals surface area contributed by atoms with E-state index in [2.05, 4.69) is 0 Å². The zero-order chi connectivity index (χ0) is 14.8. The minimum atomic E-state index is -4.28. The number of halogens is 3. The van der Waals surface area contributed by atoms with Gasteiger partial charge in [-0.15, -0.1) is 0 Å². The molecule has 0 atom stereocenters. The van der Waals surface area contributed by atoms with Crippen LogP contribution in [0, 0.1) is 0 Å². The van der Waals surface area contributed by atoms with Crippen molar-refractivity contribution in [3.05, 3.63) is 36.0 Å². The molecule has 0 fully saturated rings. The second kappa shape index (κ2) is 5.56. The molecule has 1 aromatic heterocycles. The Morgan fingerprint density at radius 1 is 1.25 bits per heavy atom. The highest BCUT2D eigenvalue weighted by Crippen LogP contribution is 2.26. The molecular weight excluding hydrogens is 271 g/mol. The number of fused-ring (bicyclic) bond motifs is 1. The van der Waals surface area contributed by atoms with Crippen LogP contribution in [-0.4, -0.2) is 21.8 Å². The van der Waals surface area contributed by atoms with Gasteiger partial charge in [0.05, 0.1) is 0 Å². The molecular formula is C14H14F3NO2. The largest absolute Gasteiger partial charge is 0.481 e. The zero-order valence-electron chi connectivity index (χ0n) is 10.7. The van der Waals surface area contributed by atoms with Gasteiger partial charge in [0.25, 0.3) is 0 Å². The normalized spacial score (nSPS) is 11.9. The molecule has 6 heteroatoms. The molecule has 0 saturated carbocycles. The summed E-state index contributed by atoms with van der Waals surface area (Å²) in [6.07, 6.45) is -1.92. The third-order valence-electron chi connectivity index (χ3n) is 3.06. The monoisotopic (exact) mass is 285 g/mol. The van der Waals surface area contributed by atoms with Crippen LogP contribution in [0.2, 0.25) is 0 Å². The zero-order valence-corrected chi connectivity index (χ0v) is 10.7. The average Bonchev–Trinajstić information content (AvgIpc) is 2.66. The van der Waals surface area contributed by atoms with E-state index >= 15 is 0 Å². The van der Waals surface area contributed by atoms with Crippen LogP contribution < -0.4 is 0 Å². The Hall–Kier alpha value is -1.98. The number of hydrogen-bond donors (Lipinski definition) is 1. The number of carboxylic acid groups (broad SMARTS) is 1. The van der Waals surface area contributed by atoms with Crippen LogP contribution in [0.25, 0.3) is 10.9 Å². The number of rotatable bonds is 5. The maximum Gasteiger partial charge on any atom is 0.406 e. The van der Waals surface area contributed by atoms with Crippen LogP contribution >= 0.6 is 0 Å². The van der Waals surface area contributed by atoms with Gasteiger partial charge in [-0.2, -0.15) is 13.2 Å². The second-order valence-electron chi connectivity index (χ2n) is 4.66. The van der Waals surface area contributed by atoms with Gasteiger partial charge in [-0.05, 0) is 24.5 Å². The molecule has 108 valence electrons. The number of hydrogen-bond acceptors (Lipinski definition) is 1. The third kappa shape index (κ3) is 3.53. The van der Waals surface area contributed by atoms with Crippen molar-refractivity contribution < 1.29 is 23.1 Å². The molecule has 0 bridgehead atoms. The van der Waals surface area contributed by atoms with Crippen molar-refractivity contribution in [1.82, 2.24) is 4.57 Å². The number of carbonyl (C=O) groups is 1. The molecule has 3 nitrogen and oxygen atoms in total. The second-order valence-corrected chi connectivity index (χ2v) is 4.66. The smallest absolute Gasteiger partial charge is 0.406 e. The van der Waals surface area contributed by atoms with Gasteiger partial charge in [0.1, 0.15) is 6.54 Å². The van der Waals surface area contributed by atoms with E-state index in [0.717, 1.165) is 10.9 Å². The molecule has 0 aliphatic heterocycles. The Labute approximate surface area is 113 Å². The SMILES string of the molecule is O=C(O)CCCc1cn(CC(F)(F)F)c2ccccc12. The van der Waals surface area contributed by atoms with Gasteiger partial charge < -0.3 is 9.67 Å². The number of aryl methyl sites for hydroxylation is 1. The first-order valence-corrected chi connectivity index (χ1v) is 6.22. The molecule has 0 aliphatic rings. The van der Waals surface area contributed by atoms with Crippen LogP contribution in [-0.2, 0) is 17.8 Å². The van der Waals surface area contributed by atoms with E-state index < -0.39 is 18.7 Å². The van der Waals surface area contributed by atoms with Crippen molar-refractivity contribution in [2.45, 2.75) is 32.0 Å². The summed E-state index contributed by atoms with van der Waals surface area (Å²) in [6, 6.07) is 6.86. The fourth-order valence-corrected chi connectivity index (χ4v) is 2.28. The van der Waals surface area contributed by atoms with Crippen molar-refractivity contribution in [3.8, 4) is 0 Å². The minimum Gasteiger partial charge on any atom is -0.481 e. The number of nitrogens with zero attached hydrogens (tertiary/aromatic N) is 1. The maximum absolute atomic E-state index is 12.5. The average molecular weight is 285 g/mol. The van der Waals surface area contributed by atoms with Crippen LogP contribution in [0.5, 0.6) is 0 Å². The first kappa shape index (κ1) is 14.4. The van der Waals surface area contributed by atoms with Crippen LogP contribution in [0.1, 0.15) is 18.4 Å². The van der Waals surface area contributed by atoms with Gasteiger partial charge in [-0.25, -0.2) is 0 Å². The summed E-state index contributed by atoms with van der Waals surface area (Å²) in [5.74, 6) is -0.899. The number of alkyl halides is 3. The van der Waals surface area contributed by atoms with Crippen molar-refractivity contribution in [2.24, 2.45) is 0 Å². The fourth-order valence-electron chi connectivity index (χ4n) is 2.28. The van der Waals surface area contributed by atoms with Crippen molar-refractivity contribution in [2.75, 3.05) is 0 Å². The summed E-state index contributed by atoms with van der Waals surface area (Å²) < 4.78 is 38.8. The van der Waals surface area contributed by atoms with Crippen LogP contribution in [0.15, 0.2) is 30.5 Å². The number of carboxylic acids is 1. The first-order chi connectivity index (χ1) is 9.37. The van der Waals surface area contributed by atoms with Gasteiger partial charge in [0, 0.05) is 23.5 Å². The number of benzene rings is 1. The topological polar surface area (TPSA) is 42.2 Å². The Morgan fingerprint density at radius 2 is 1.95 bits per heavy atom. The van der Waals surface area contributed by atoms with E-state index in [4.69, 9.17) is 5.11 Å². The number of aliphatic carboxylic acids is 1. The van der Waals surface area contributed by atoms with Gasteiger partial charge >= 0.3 is 12.1 Å². The molecule has 0 saturated heterocycles. The lowest BCUT2D eigenvalue weighted by molar-refractivity contribution is -0.140. The van der Waals surface area contributed by atoms with Gasteiger partial charge in [0.2, 0.25) is 0 Å². The number of para-hydroxylation sites is 1. The maximum atomic E-state index is 12.5. The summed E-state index contributed by atoms with van der Waals surface area (Å²) in [5, 5.41) is 9.36. The van der Waals surface area contributed by atoms with E-state index in [-0.39, 0.29) is 6.42 Å². The predicted molar refractivity (Wildman–Crippen MR) is 68.6 cm³/mol. The van der Waals surface area contributed by atoms with Gasteiger partial charge in [0.15, 0.2) is 0 Å². The Kier molecular flexibility index (Phi) is 4.01. The van der Waals surface area contributed by atoms with E-state index in [9.17, 15) is 18.0 Å². The minimum absolute atomic E-state index is 0.0127. The lowest BCUT2D eigenvalue weighted by Crippen LogP contribution is -2.16. The highest BCUT2D eigenvalue weighted by atomic mass is 19.4. The van der Waals surface area contributed by atoms with Crippen molar-refractivity contribution >= 4 is 16.9 Å². The molecule has 0 amide bonds. The molecule has 0 aliphatic carbocycles. The van der Waals surface area contributed by atoms with E-state index in [1.165, 1.54) is 10.8 Å². The Balaban J connectivity index is 2.28. The summed E-state index contributed by atoms with van der Waals surface area (Å²) in [7, 11) is 0. The molecule has 0 unspecified atom stereocenters. The fraction of sp³-hybridized carbons (Fsp3) is 0.357. The molecule has 0 radical (unpaired) electrons. The predicted octanol–water partition coefficient (Wildman–Crippen LogP) is 3.61. The van der Waals surface area contributed by atoms with Gasteiger partial charge in [-0.1, -0.05) is 18.2 Å². The van der Waals surface area contributed by atoms with E-state index in [1.54, 1.807) is 24.3 Å². The van der Waals surface area contributed by atoms with Gasteiger partial charge in [-0.3, -0.25) is 4.79 Å². The van der Waals surface area contributed by atoms with Crippen molar-refractivity contribution in [3.63, 3.8) is 0 Å². The molecule has 1 heterocycles. The Morgan fingerprint density at radius 3 is 2.60 bits per heavy atom. The molecule has 2 aromatic rings.